The molecule has 134 valence electrons. The number of rotatable bonds is 9. The van der Waals surface area contributed by atoms with Crippen LogP contribution < -0.4 is 14.8 Å². The third-order valence-corrected chi connectivity index (χ3v) is 4.07. The molecule has 0 atom stereocenters. The maximum Gasteiger partial charge on any atom is 0.317 e. The van der Waals surface area contributed by atoms with Crippen molar-refractivity contribution in [1.29, 1.82) is 0 Å². The highest BCUT2D eigenvalue weighted by atomic mass is 35.5. The molecule has 0 aliphatic rings. The molecule has 0 aromatic heterocycles. The summed E-state index contributed by atoms with van der Waals surface area (Å²) < 4.78 is 11.4. The van der Waals surface area contributed by atoms with Crippen LogP contribution in [0.2, 0.25) is 10.0 Å². The van der Waals surface area contributed by atoms with Crippen molar-refractivity contribution in [2.24, 2.45) is 0 Å². The molecule has 0 unspecified atom stereocenters. The molecule has 0 aliphatic heterocycles. The van der Waals surface area contributed by atoms with E-state index in [1.54, 1.807) is 18.2 Å². The van der Waals surface area contributed by atoms with Gasteiger partial charge in [0.2, 0.25) is 0 Å². The largest absolute Gasteiger partial charge is 0.490 e. The number of ether oxygens (including phenoxy) is 2. The van der Waals surface area contributed by atoms with Gasteiger partial charge < -0.3 is 19.9 Å². The lowest BCUT2D eigenvalue weighted by Crippen LogP contribution is -2.22. The van der Waals surface area contributed by atoms with Gasteiger partial charge in [-0.05, 0) is 24.6 Å². The number of hydrogen-bond acceptors (Lipinski definition) is 4. The van der Waals surface area contributed by atoms with Gasteiger partial charge in [-0.15, -0.1) is 0 Å². The van der Waals surface area contributed by atoms with Crippen LogP contribution in [0.25, 0.3) is 0 Å². The molecule has 0 bridgehead atoms. The average Bonchev–Trinajstić information content (AvgIpc) is 2.57. The van der Waals surface area contributed by atoms with Gasteiger partial charge in [-0.25, -0.2) is 0 Å². The highest BCUT2D eigenvalue weighted by Crippen LogP contribution is 2.34. The van der Waals surface area contributed by atoms with E-state index < -0.39 is 5.97 Å². The van der Waals surface area contributed by atoms with Crippen LogP contribution in [0, 0.1) is 0 Å². The van der Waals surface area contributed by atoms with Gasteiger partial charge in [-0.3, -0.25) is 4.79 Å². The molecule has 2 N–H and O–H groups in total. The first kappa shape index (κ1) is 19.4. The fourth-order valence-electron chi connectivity index (χ4n) is 2.17. The first-order valence-corrected chi connectivity index (χ1v) is 8.50. The van der Waals surface area contributed by atoms with Gasteiger partial charge in [0.05, 0.1) is 13.2 Å². The fraction of sp³-hybridized carbons (Fsp3) is 0.278. The van der Waals surface area contributed by atoms with E-state index in [0.29, 0.717) is 34.7 Å². The lowest BCUT2D eigenvalue weighted by atomic mass is 10.2. The average molecular weight is 384 g/mol. The number of hydrogen-bond donors (Lipinski definition) is 2. The Morgan fingerprint density at radius 3 is 2.48 bits per heavy atom. The summed E-state index contributed by atoms with van der Waals surface area (Å²) in [4.78, 5) is 10.6. The summed E-state index contributed by atoms with van der Waals surface area (Å²) in [6.07, 6.45) is 0. The van der Waals surface area contributed by atoms with Gasteiger partial charge in [0, 0.05) is 28.2 Å². The summed E-state index contributed by atoms with van der Waals surface area (Å²) in [6, 6.07) is 10.8. The molecule has 7 heteroatoms. The summed E-state index contributed by atoms with van der Waals surface area (Å²) >= 11 is 12.4. The maximum atomic E-state index is 10.6. The van der Waals surface area contributed by atoms with Crippen molar-refractivity contribution in [3.8, 4) is 11.5 Å². The van der Waals surface area contributed by atoms with E-state index in [4.69, 9.17) is 37.8 Å². The Morgan fingerprint density at radius 2 is 1.80 bits per heavy atom. The van der Waals surface area contributed by atoms with E-state index in [0.717, 1.165) is 11.1 Å². The van der Waals surface area contributed by atoms with Crippen molar-refractivity contribution < 1.29 is 19.4 Å². The number of benzene rings is 2. The quantitative estimate of drug-likeness (QED) is 0.680. The third-order valence-electron chi connectivity index (χ3n) is 3.35. The Kier molecular flexibility index (Phi) is 7.37. The molecule has 25 heavy (non-hydrogen) atoms. The maximum absolute atomic E-state index is 10.6. The molecule has 0 amide bonds. The monoisotopic (exact) mass is 383 g/mol. The summed E-state index contributed by atoms with van der Waals surface area (Å²) in [6.45, 7) is 2.79. The smallest absolute Gasteiger partial charge is 0.317 e. The van der Waals surface area contributed by atoms with Crippen LogP contribution >= 0.6 is 23.2 Å². The van der Waals surface area contributed by atoms with E-state index >= 15 is 0 Å². The first-order chi connectivity index (χ1) is 12.0. The zero-order valence-electron chi connectivity index (χ0n) is 13.7. The Hall–Kier alpha value is -1.95. The van der Waals surface area contributed by atoms with Crippen molar-refractivity contribution in [1.82, 2.24) is 5.32 Å². The van der Waals surface area contributed by atoms with Gasteiger partial charge in [-0.2, -0.15) is 0 Å². The van der Waals surface area contributed by atoms with Crippen LogP contribution in [0.3, 0.4) is 0 Å². The van der Waals surface area contributed by atoms with Gasteiger partial charge >= 0.3 is 5.97 Å². The van der Waals surface area contributed by atoms with E-state index in [2.05, 4.69) is 5.32 Å². The van der Waals surface area contributed by atoms with E-state index in [1.807, 2.05) is 25.1 Å². The highest BCUT2D eigenvalue weighted by molar-refractivity contribution is 6.31. The van der Waals surface area contributed by atoms with Crippen LogP contribution in [-0.4, -0.2) is 24.2 Å². The van der Waals surface area contributed by atoms with Crippen molar-refractivity contribution >= 4 is 29.2 Å². The molecular weight excluding hydrogens is 365 g/mol. The number of carboxylic acids is 1. The SMILES string of the molecule is CCOc1cc(CNCC(=O)O)c(Cl)cc1OCc1ccccc1Cl. The predicted molar refractivity (Wildman–Crippen MR) is 97.7 cm³/mol. The van der Waals surface area contributed by atoms with Crippen LogP contribution in [0.5, 0.6) is 11.5 Å². The summed E-state index contributed by atoms with van der Waals surface area (Å²) in [7, 11) is 0. The number of carboxylic acid groups (broad SMARTS) is 1. The predicted octanol–water partition coefficient (Wildman–Crippen LogP) is 4.15. The second kappa shape index (κ2) is 9.51. The van der Waals surface area contributed by atoms with Crippen LogP contribution in [0.4, 0.5) is 0 Å². The molecule has 0 aliphatic carbocycles. The van der Waals surface area contributed by atoms with E-state index in [1.165, 1.54) is 0 Å². The van der Waals surface area contributed by atoms with Gasteiger partial charge in [0.15, 0.2) is 11.5 Å². The Morgan fingerprint density at radius 1 is 1.08 bits per heavy atom. The third kappa shape index (κ3) is 5.81. The molecular formula is C18H19Cl2NO4. The van der Waals surface area contributed by atoms with Crippen molar-refractivity contribution in [2.45, 2.75) is 20.1 Å². The molecule has 0 heterocycles. The standard InChI is InChI=1S/C18H19Cl2NO4/c1-2-24-16-7-13(9-21-10-18(22)23)15(20)8-17(16)25-11-12-5-3-4-6-14(12)19/h3-8,21H,2,9-11H2,1H3,(H,22,23). The Bertz CT molecular complexity index is 737. The Labute approximate surface area is 156 Å². The summed E-state index contributed by atoms with van der Waals surface area (Å²) in [5, 5.41) is 12.6. The van der Waals surface area contributed by atoms with E-state index in [-0.39, 0.29) is 13.2 Å². The van der Waals surface area contributed by atoms with Crippen LogP contribution in [0.15, 0.2) is 36.4 Å². The number of nitrogens with one attached hydrogen (secondary N) is 1. The highest BCUT2D eigenvalue weighted by Gasteiger charge is 2.12. The molecule has 2 aromatic rings. The second-order valence-electron chi connectivity index (χ2n) is 5.20. The van der Waals surface area contributed by atoms with Crippen molar-refractivity contribution in [3.05, 3.63) is 57.6 Å². The van der Waals surface area contributed by atoms with Crippen molar-refractivity contribution in [2.75, 3.05) is 13.2 Å². The molecule has 0 saturated carbocycles. The lowest BCUT2D eigenvalue weighted by molar-refractivity contribution is -0.135. The van der Waals surface area contributed by atoms with Crippen LogP contribution in [0.1, 0.15) is 18.1 Å². The molecule has 0 radical (unpaired) electrons. The molecule has 0 fully saturated rings. The molecule has 0 saturated heterocycles. The molecule has 5 nitrogen and oxygen atoms in total. The zero-order chi connectivity index (χ0) is 18.2. The zero-order valence-corrected chi connectivity index (χ0v) is 15.2. The molecule has 0 spiro atoms. The minimum absolute atomic E-state index is 0.148. The van der Waals surface area contributed by atoms with Gasteiger partial charge in [0.25, 0.3) is 0 Å². The fourth-order valence-corrected chi connectivity index (χ4v) is 2.58. The molecule has 2 rings (SSSR count). The van der Waals surface area contributed by atoms with Crippen molar-refractivity contribution in [3.63, 3.8) is 0 Å². The normalized spacial score (nSPS) is 10.5. The topological polar surface area (TPSA) is 67.8 Å². The first-order valence-electron chi connectivity index (χ1n) is 7.75. The molecule has 2 aromatic carbocycles. The second-order valence-corrected chi connectivity index (χ2v) is 6.02. The summed E-state index contributed by atoms with van der Waals surface area (Å²) in [5.74, 6) is 0.126. The number of carbonyl (C=O) groups is 1. The van der Waals surface area contributed by atoms with Gasteiger partial charge in [-0.1, -0.05) is 41.4 Å². The minimum Gasteiger partial charge on any atom is -0.490 e. The summed E-state index contributed by atoms with van der Waals surface area (Å²) in [5.41, 5.74) is 1.59. The Balaban J connectivity index is 2.15. The van der Waals surface area contributed by atoms with Crippen LogP contribution in [-0.2, 0) is 17.9 Å². The van der Waals surface area contributed by atoms with Gasteiger partial charge in [0.1, 0.15) is 6.61 Å². The number of aliphatic carboxylic acids is 1. The minimum atomic E-state index is -0.930. The number of halogens is 2. The van der Waals surface area contributed by atoms with E-state index in [9.17, 15) is 4.79 Å². The lowest BCUT2D eigenvalue weighted by Gasteiger charge is -2.15.